The lowest BCUT2D eigenvalue weighted by molar-refractivity contribution is -0.127. The molecule has 0 aliphatic carbocycles. The summed E-state index contributed by atoms with van der Waals surface area (Å²) in [6.07, 6.45) is 3.15. The number of hydrogen-bond donors (Lipinski definition) is 3. The topological polar surface area (TPSA) is 137 Å². The number of hydrazine groups is 1. The molecule has 3 heterocycles. The number of pyridine rings is 1. The van der Waals surface area contributed by atoms with Crippen molar-refractivity contribution in [1.29, 1.82) is 0 Å². The maximum absolute atomic E-state index is 12.8. The minimum Gasteiger partial charge on any atom is -0.345 e. The van der Waals surface area contributed by atoms with E-state index in [1.807, 2.05) is 49.1 Å². The summed E-state index contributed by atoms with van der Waals surface area (Å²) in [5.74, 6) is 11.1. The lowest BCUT2D eigenvalue weighted by atomic mass is 10.1. The van der Waals surface area contributed by atoms with Gasteiger partial charge in [0, 0.05) is 44.0 Å². The van der Waals surface area contributed by atoms with Crippen molar-refractivity contribution in [2.45, 2.75) is 13.8 Å². The van der Waals surface area contributed by atoms with Crippen LogP contribution in [0.3, 0.4) is 0 Å². The molecule has 10 nitrogen and oxygen atoms in total. The summed E-state index contributed by atoms with van der Waals surface area (Å²) in [5, 5.41) is 5.87. The lowest BCUT2D eigenvalue weighted by Crippen LogP contribution is -2.57. The number of amides is 1. The maximum atomic E-state index is 12.8. The fourth-order valence-electron chi connectivity index (χ4n) is 3.51. The number of Topliss-reactive ketones (excluding diaryl/α,β-unsaturated/α-hetero) is 1. The van der Waals surface area contributed by atoms with Crippen molar-refractivity contribution < 1.29 is 9.59 Å². The highest BCUT2D eigenvalue weighted by Gasteiger charge is 2.30. The smallest absolute Gasteiger partial charge is 0.295 e. The Hall–Kier alpha value is -3.92. The molecule has 0 saturated carbocycles. The van der Waals surface area contributed by atoms with E-state index in [2.05, 4.69) is 15.1 Å². The van der Waals surface area contributed by atoms with E-state index in [1.165, 1.54) is 16.1 Å². The van der Waals surface area contributed by atoms with Gasteiger partial charge in [-0.25, -0.2) is 15.8 Å². The van der Waals surface area contributed by atoms with E-state index in [0.717, 1.165) is 5.69 Å². The molecule has 5 N–H and O–H groups in total. The predicted octanol–water partition coefficient (Wildman–Crippen LogP) is 1.53. The van der Waals surface area contributed by atoms with Gasteiger partial charge in [0.05, 0.1) is 11.3 Å². The Morgan fingerprint density at radius 3 is 2.34 bits per heavy atom. The van der Waals surface area contributed by atoms with E-state index >= 15 is 0 Å². The molecular formula is C22H28N8O2. The Morgan fingerprint density at radius 2 is 1.69 bits per heavy atom. The number of nitrogens with zero attached hydrogens (tertiary/aromatic N) is 5. The van der Waals surface area contributed by atoms with Crippen LogP contribution in [0.2, 0.25) is 0 Å². The van der Waals surface area contributed by atoms with Crippen LogP contribution in [0.5, 0.6) is 0 Å². The molecule has 1 aromatic carbocycles. The normalized spacial score (nSPS) is 14.0. The lowest BCUT2D eigenvalue weighted by Gasteiger charge is -2.38. The highest BCUT2D eigenvalue weighted by molar-refractivity contribution is 6.44. The molecule has 32 heavy (non-hydrogen) atoms. The van der Waals surface area contributed by atoms with Crippen LogP contribution in [0.4, 0.5) is 5.69 Å². The van der Waals surface area contributed by atoms with E-state index in [1.54, 1.807) is 18.3 Å². The number of benzene rings is 1. The van der Waals surface area contributed by atoms with Gasteiger partial charge in [-0.1, -0.05) is 32.0 Å². The number of anilines is 1. The molecule has 2 aromatic heterocycles. The molecular weight excluding hydrogens is 408 g/mol. The number of guanidine groups is 1. The predicted molar refractivity (Wildman–Crippen MR) is 125 cm³/mol. The summed E-state index contributed by atoms with van der Waals surface area (Å²) in [5.41, 5.74) is 1.64. The Kier molecular flexibility index (Phi) is 7.40. The first-order chi connectivity index (χ1) is 15.6. The number of para-hydroxylation sites is 1. The number of nitrogens with one attached hydrogen (secondary N) is 1. The zero-order valence-electron chi connectivity index (χ0n) is 18.2. The van der Waals surface area contributed by atoms with Gasteiger partial charge in [0.1, 0.15) is 5.65 Å². The maximum Gasteiger partial charge on any atom is 0.295 e. The highest BCUT2D eigenvalue weighted by atomic mass is 16.2. The minimum atomic E-state index is -0.555. The molecule has 0 radical (unpaired) electrons. The first kappa shape index (κ1) is 22.8. The van der Waals surface area contributed by atoms with Gasteiger partial charge < -0.3 is 20.6 Å². The Morgan fingerprint density at radius 1 is 1.03 bits per heavy atom. The van der Waals surface area contributed by atoms with Crippen molar-refractivity contribution in [2.24, 2.45) is 16.8 Å². The zero-order chi connectivity index (χ0) is 23.1. The SMILES string of the molecule is CC.N/N=C(/N1CCN(C(=O)C(=O)c2c[nH]c3ncccc23)CC1)N(N)c1ccccc1. The number of carbonyl (C=O) groups excluding carboxylic acids is 2. The highest BCUT2D eigenvalue weighted by Crippen LogP contribution is 2.18. The third-order valence-corrected chi connectivity index (χ3v) is 5.11. The van der Waals surface area contributed by atoms with Crippen LogP contribution >= 0.6 is 0 Å². The molecule has 0 bridgehead atoms. The number of fused-ring (bicyclic) bond motifs is 1. The Bertz CT molecular complexity index is 1090. The van der Waals surface area contributed by atoms with Crippen LogP contribution in [0, 0.1) is 0 Å². The Labute approximate surface area is 186 Å². The van der Waals surface area contributed by atoms with E-state index in [4.69, 9.17) is 11.7 Å². The summed E-state index contributed by atoms with van der Waals surface area (Å²) < 4.78 is 0. The molecule has 1 aliphatic heterocycles. The van der Waals surface area contributed by atoms with Crippen LogP contribution in [0.15, 0.2) is 60.0 Å². The van der Waals surface area contributed by atoms with E-state index in [0.29, 0.717) is 48.7 Å². The van der Waals surface area contributed by atoms with Gasteiger partial charge in [-0.15, -0.1) is 5.10 Å². The number of carbonyl (C=O) groups is 2. The van der Waals surface area contributed by atoms with Crippen molar-refractivity contribution in [3.8, 4) is 0 Å². The fraction of sp³-hybridized carbons (Fsp3) is 0.273. The first-order valence-electron chi connectivity index (χ1n) is 10.5. The minimum absolute atomic E-state index is 0.326. The van der Waals surface area contributed by atoms with Gasteiger partial charge in [-0.05, 0) is 24.3 Å². The van der Waals surface area contributed by atoms with Crippen LogP contribution in [-0.2, 0) is 4.79 Å². The van der Waals surface area contributed by atoms with E-state index < -0.39 is 11.7 Å². The van der Waals surface area contributed by atoms with Gasteiger partial charge in [0.2, 0.25) is 5.96 Å². The van der Waals surface area contributed by atoms with Crippen LogP contribution in [0.25, 0.3) is 11.0 Å². The number of rotatable bonds is 3. The van der Waals surface area contributed by atoms with E-state index in [9.17, 15) is 9.59 Å². The first-order valence-corrected chi connectivity index (χ1v) is 10.5. The van der Waals surface area contributed by atoms with Crippen LogP contribution in [-0.4, -0.2) is 63.6 Å². The average Bonchev–Trinajstić information content (AvgIpc) is 3.30. The zero-order valence-corrected chi connectivity index (χ0v) is 18.2. The summed E-state index contributed by atoms with van der Waals surface area (Å²) in [6.45, 7) is 5.61. The molecule has 4 rings (SSSR count). The molecule has 1 fully saturated rings. The summed E-state index contributed by atoms with van der Waals surface area (Å²) >= 11 is 0. The molecule has 0 spiro atoms. The van der Waals surface area contributed by atoms with Crippen LogP contribution < -0.4 is 16.7 Å². The number of hydrazone groups is 1. The second-order valence-electron chi connectivity index (χ2n) is 6.84. The standard InChI is InChI=1S/C20H22N8O2.C2H6/c21-25-20(28(22)14-5-2-1-3-6-14)27-11-9-26(10-12-27)19(30)17(29)16-13-24-18-15(16)7-4-8-23-18;1-2/h1-8,13H,9-12,21-22H2,(H,23,24);1-2H3/b25-20-;. The van der Waals surface area contributed by atoms with Gasteiger partial charge in [-0.2, -0.15) is 0 Å². The summed E-state index contributed by atoms with van der Waals surface area (Å²) in [7, 11) is 0. The molecule has 3 aromatic rings. The number of ketones is 1. The number of nitrogens with two attached hydrogens (primary N) is 2. The summed E-state index contributed by atoms with van der Waals surface area (Å²) in [6, 6.07) is 12.8. The van der Waals surface area contributed by atoms with E-state index in [-0.39, 0.29) is 0 Å². The second-order valence-corrected chi connectivity index (χ2v) is 6.84. The van der Waals surface area contributed by atoms with Crippen molar-refractivity contribution in [1.82, 2.24) is 19.8 Å². The molecule has 1 aliphatic rings. The fourth-order valence-corrected chi connectivity index (χ4v) is 3.51. The Balaban J connectivity index is 0.00000141. The monoisotopic (exact) mass is 436 g/mol. The number of aromatic amines is 1. The van der Waals surface area contributed by atoms with Crippen molar-refractivity contribution >= 4 is 34.4 Å². The van der Waals surface area contributed by atoms with Crippen molar-refractivity contribution in [2.75, 3.05) is 31.2 Å². The summed E-state index contributed by atoms with van der Waals surface area (Å²) in [4.78, 5) is 36.0. The van der Waals surface area contributed by atoms with Gasteiger partial charge in [-0.3, -0.25) is 9.59 Å². The van der Waals surface area contributed by atoms with Crippen molar-refractivity contribution in [3.63, 3.8) is 0 Å². The second kappa shape index (κ2) is 10.4. The third kappa shape index (κ3) is 4.54. The molecule has 1 amide bonds. The average molecular weight is 437 g/mol. The number of aromatic nitrogens is 2. The third-order valence-electron chi connectivity index (χ3n) is 5.11. The van der Waals surface area contributed by atoms with Gasteiger partial charge >= 0.3 is 0 Å². The molecule has 10 heteroatoms. The quantitative estimate of drug-likeness (QED) is 0.141. The van der Waals surface area contributed by atoms with Gasteiger partial charge in [0.25, 0.3) is 11.7 Å². The molecule has 1 saturated heterocycles. The largest absolute Gasteiger partial charge is 0.345 e. The number of H-pyrrole nitrogens is 1. The van der Waals surface area contributed by atoms with Gasteiger partial charge in [0.15, 0.2) is 0 Å². The molecule has 168 valence electrons. The number of hydrogen-bond acceptors (Lipinski definition) is 6. The van der Waals surface area contributed by atoms with Crippen LogP contribution in [0.1, 0.15) is 24.2 Å². The molecule has 0 atom stereocenters. The number of piperazine rings is 1. The van der Waals surface area contributed by atoms with Crippen molar-refractivity contribution in [3.05, 3.63) is 60.4 Å². The molecule has 0 unspecified atom stereocenters.